The number of nitrogens with one attached hydrogen (secondary N) is 1. The number of aromatic nitrogens is 2. The van der Waals surface area contributed by atoms with E-state index < -0.39 is 0 Å². The maximum absolute atomic E-state index is 12.4. The van der Waals surface area contributed by atoms with Gasteiger partial charge in [0, 0.05) is 16.6 Å². The molecule has 0 spiro atoms. The molecule has 0 saturated heterocycles. The van der Waals surface area contributed by atoms with Gasteiger partial charge >= 0.3 is 0 Å². The van der Waals surface area contributed by atoms with E-state index in [0.29, 0.717) is 22.0 Å². The Balaban J connectivity index is 1.77. The summed E-state index contributed by atoms with van der Waals surface area (Å²) in [4.78, 5) is 21.5. The number of carbonyl (C=O) groups excluding carboxylic acids is 1. The summed E-state index contributed by atoms with van der Waals surface area (Å²) in [7, 11) is 0. The summed E-state index contributed by atoms with van der Waals surface area (Å²) in [6.07, 6.45) is 5.25. The Labute approximate surface area is 169 Å². The van der Waals surface area contributed by atoms with Gasteiger partial charge < -0.3 is 11.1 Å². The number of hydrogen-bond acceptors (Lipinski definition) is 5. The van der Waals surface area contributed by atoms with Gasteiger partial charge in [0.2, 0.25) is 5.91 Å². The lowest BCUT2D eigenvalue weighted by molar-refractivity contribution is -0.120. The van der Waals surface area contributed by atoms with Crippen LogP contribution in [0.2, 0.25) is 5.02 Å². The molecule has 1 fully saturated rings. The van der Waals surface area contributed by atoms with Crippen molar-refractivity contribution in [2.24, 2.45) is 0 Å². The Bertz CT molecular complexity index is 806. The Morgan fingerprint density at radius 1 is 1.30 bits per heavy atom. The number of rotatable bonds is 6. The Hall–Kier alpha value is -1.79. The molecule has 5 nitrogen and oxygen atoms in total. The number of benzene rings is 1. The summed E-state index contributed by atoms with van der Waals surface area (Å²) in [5.74, 6) is 0.462. The number of nitrogens with zero attached hydrogens (tertiary/aromatic N) is 2. The fourth-order valence-electron chi connectivity index (χ4n) is 3.34. The molecule has 1 amide bonds. The lowest BCUT2D eigenvalue weighted by Crippen LogP contribution is -2.37. The Morgan fingerprint density at radius 2 is 1.96 bits per heavy atom. The number of hydrogen-bond donors (Lipinski definition) is 2. The van der Waals surface area contributed by atoms with Crippen LogP contribution in [0.4, 0.5) is 5.82 Å². The van der Waals surface area contributed by atoms with Gasteiger partial charge in [0.1, 0.15) is 5.82 Å². The molecular formula is C20H25ClN4OS. The largest absolute Gasteiger partial charge is 0.383 e. The van der Waals surface area contributed by atoms with Crippen LogP contribution in [-0.2, 0) is 11.2 Å². The highest BCUT2D eigenvalue weighted by Gasteiger charge is 2.23. The highest BCUT2D eigenvalue weighted by atomic mass is 35.5. The molecule has 1 aliphatic rings. The molecule has 1 aliphatic carbocycles. The van der Waals surface area contributed by atoms with Crippen LogP contribution in [0, 0.1) is 0 Å². The Kier molecular flexibility index (Phi) is 6.60. The minimum atomic E-state index is -0.268. The molecule has 7 heteroatoms. The van der Waals surface area contributed by atoms with Gasteiger partial charge in [0.15, 0.2) is 5.16 Å². The van der Waals surface area contributed by atoms with Crippen LogP contribution in [0.25, 0.3) is 11.1 Å². The van der Waals surface area contributed by atoms with Crippen molar-refractivity contribution in [3.05, 3.63) is 35.0 Å². The highest BCUT2D eigenvalue weighted by Crippen LogP contribution is 2.32. The molecule has 1 aromatic heterocycles. The third-order valence-corrected chi connectivity index (χ3v) is 6.03. The van der Waals surface area contributed by atoms with Crippen molar-refractivity contribution in [3.63, 3.8) is 0 Å². The highest BCUT2D eigenvalue weighted by molar-refractivity contribution is 8.00. The quantitative estimate of drug-likeness (QED) is 0.548. The number of anilines is 1. The van der Waals surface area contributed by atoms with Crippen molar-refractivity contribution in [2.75, 3.05) is 5.73 Å². The third kappa shape index (κ3) is 4.93. The Morgan fingerprint density at radius 3 is 2.59 bits per heavy atom. The van der Waals surface area contributed by atoms with Crippen LogP contribution in [0.3, 0.4) is 0 Å². The molecule has 0 unspecified atom stereocenters. The average molecular weight is 405 g/mol. The fraction of sp³-hybridized carbons (Fsp3) is 0.450. The predicted octanol–water partition coefficient (Wildman–Crippen LogP) is 4.48. The molecule has 0 radical (unpaired) electrons. The third-order valence-electron chi connectivity index (χ3n) is 4.81. The van der Waals surface area contributed by atoms with Gasteiger partial charge in [-0.15, -0.1) is 0 Å². The van der Waals surface area contributed by atoms with Crippen LogP contribution in [0.1, 0.15) is 45.2 Å². The second-order valence-corrected chi connectivity index (χ2v) is 8.57. The lowest BCUT2D eigenvalue weighted by Gasteiger charge is -2.17. The molecule has 3 rings (SSSR count). The van der Waals surface area contributed by atoms with Crippen molar-refractivity contribution in [1.29, 1.82) is 0 Å². The van der Waals surface area contributed by atoms with Crippen LogP contribution in [-0.4, -0.2) is 27.2 Å². The number of aryl methyl sites for hydroxylation is 1. The summed E-state index contributed by atoms with van der Waals surface area (Å²) in [5.41, 5.74) is 8.90. The average Bonchev–Trinajstić information content (AvgIpc) is 3.15. The van der Waals surface area contributed by atoms with E-state index in [-0.39, 0.29) is 11.2 Å². The number of halogens is 1. The summed E-state index contributed by atoms with van der Waals surface area (Å²) in [5, 5.41) is 4.07. The fourth-order valence-corrected chi connectivity index (χ4v) is 4.27. The summed E-state index contributed by atoms with van der Waals surface area (Å²) in [6, 6.07) is 7.80. The lowest BCUT2D eigenvalue weighted by atomic mass is 10.0. The van der Waals surface area contributed by atoms with Gasteiger partial charge in [0.05, 0.1) is 10.9 Å². The van der Waals surface area contributed by atoms with Crippen molar-refractivity contribution in [3.8, 4) is 11.1 Å². The van der Waals surface area contributed by atoms with E-state index in [1.165, 1.54) is 24.6 Å². The van der Waals surface area contributed by atoms with E-state index in [1.807, 2.05) is 38.1 Å². The van der Waals surface area contributed by atoms with Gasteiger partial charge in [-0.1, -0.05) is 55.3 Å². The SMILES string of the molecule is CCc1nc(S[C@H](C)C(=O)NC2CCCC2)nc(N)c1-c1ccc(Cl)cc1. The van der Waals surface area contributed by atoms with Crippen molar-refractivity contribution >= 4 is 35.1 Å². The molecule has 1 aromatic carbocycles. The second kappa shape index (κ2) is 8.93. The van der Waals surface area contributed by atoms with E-state index in [4.69, 9.17) is 17.3 Å². The normalized spacial score (nSPS) is 15.7. The zero-order valence-corrected chi connectivity index (χ0v) is 17.2. The molecule has 3 N–H and O–H groups in total. The monoisotopic (exact) mass is 404 g/mol. The molecule has 1 heterocycles. The van der Waals surface area contributed by atoms with Gasteiger partial charge in [-0.2, -0.15) is 0 Å². The number of thioether (sulfide) groups is 1. The zero-order valence-electron chi connectivity index (χ0n) is 15.7. The maximum atomic E-state index is 12.4. The van der Waals surface area contributed by atoms with Gasteiger partial charge in [0.25, 0.3) is 0 Å². The second-order valence-electron chi connectivity index (χ2n) is 6.82. The van der Waals surface area contributed by atoms with E-state index in [2.05, 4.69) is 15.3 Å². The van der Waals surface area contributed by atoms with Gasteiger partial charge in [-0.3, -0.25) is 4.79 Å². The predicted molar refractivity (Wildman–Crippen MR) is 112 cm³/mol. The van der Waals surface area contributed by atoms with Gasteiger partial charge in [-0.25, -0.2) is 9.97 Å². The van der Waals surface area contributed by atoms with Crippen LogP contribution >= 0.6 is 23.4 Å². The minimum Gasteiger partial charge on any atom is -0.383 e. The van der Waals surface area contributed by atoms with E-state index in [1.54, 1.807) is 0 Å². The van der Waals surface area contributed by atoms with Crippen molar-refractivity contribution < 1.29 is 4.79 Å². The summed E-state index contributed by atoms with van der Waals surface area (Å²) >= 11 is 7.33. The van der Waals surface area contributed by atoms with Crippen molar-refractivity contribution in [2.45, 2.75) is 62.4 Å². The van der Waals surface area contributed by atoms with Gasteiger partial charge in [-0.05, 0) is 43.9 Å². The smallest absolute Gasteiger partial charge is 0.233 e. The number of amides is 1. The first kappa shape index (κ1) is 20.0. The summed E-state index contributed by atoms with van der Waals surface area (Å²) < 4.78 is 0. The number of carbonyl (C=O) groups is 1. The van der Waals surface area contributed by atoms with Crippen LogP contribution in [0.5, 0.6) is 0 Å². The standard InChI is InChI=1S/C20H25ClN4OS/c1-3-16-17(13-8-10-14(21)11-9-13)18(22)25-20(24-16)27-12(2)19(26)23-15-6-4-5-7-15/h8-12,15H,3-7H2,1-2H3,(H,23,26)(H2,22,24,25)/t12-/m1/s1. The minimum absolute atomic E-state index is 0.0360. The first-order valence-corrected chi connectivity index (χ1v) is 10.6. The van der Waals surface area contributed by atoms with Crippen molar-refractivity contribution in [1.82, 2.24) is 15.3 Å². The molecule has 144 valence electrons. The first-order valence-electron chi connectivity index (χ1n) is 9.37. The van der Waals surface area contributed by atoms with Crippen LogP contribution < -0.4 is 11.1 Å². The first-order chi connectivity index (χ1) is 13.0. The van der Waals surface area contributed by atoms with E-state index >= 15 is 0 Å². The molecule has 1 atom stereocenters. The zero-order chi connectivity index (χ0) is 19.4. The molecule has 0 aliphatic heterocycles. The number of nitrogens with two attached hydrogens (primary N) is 1. The molecule has 1 saturated carbocycles. The molecular weight excluding hydrogens is 380 g/mol. The molecule has 27 heavy (non-hydrogen) atoms. The summed E-state index contributed by atoms with van der Waals surface area (Å²) in [6.45, 7) is 3.92. The van der Waals surface area contributed by atoms with E-state index in [0.717, 1.165) is 36.1 Å². The van der Waals surface area contributed by atoms with E-state index in [9.17, 15) is 4.79 Å². The van der Waals surface area contributed by atoms with Crippen LogP contribution in [0.15, 0.2) is 29.4 Å². The number of nitrogen functional groups attached to an aromatic ring is 1. The topological polar surface area (TPSA) is 80.9 Å². The molecule has 0 bridgehead atoms. The maximum Gasteiger partial charge on any atom is 0.233 e. The molecule has 2 aromatic rings.